The second-order valence-electron chi connectivity index (χ2n) is 3.36. The maximum Gasteiger partial charge on any atom is 0.331 e. The molecule has 94 valence electrons. The van der Waals surface area contributed by atoms with Crippen LogP contribution in [0.1, 0.15) is 20.6 Å². The van der Waals surface area contributed by atoms with Crippen LogP contribution in [0.5, 0.6) is 0 Å². The minimum absolute atomic E-state index is 0.391. The minimum Gasteiger partial charge on any atom is -0.479 e. The zero-order chi connectivity index (χ0) is 13.1. The van der Waals surface area contributed by atoms with Gasteiger partial charge in [0.15, 0.2) is 6.04 Å². The van der Waals surface area contributed by atoms with E-state index < -0.39 is 17.9 Å². The molecular formula is C11H8BrNO3S2. The molecule has 2 aromatic rings. The summed E-state index contributed by atoms with van der Waals surface area (Å²) >= 11 is 5.81. The van der Waals surface area contributed by atoms with Gasteiger partial charge in [-0.1, -0.05) is 6.07 Å². The van der Waals surface area contributed by atoms with Gasteiger partial charge in [-0.2, -0.15) is 0 Å². The molecule has 18 heavy (non-hydrogen) atoms. The molecule has 0 spiro atoms. The Morgan fingerprint density at radius 3 is 2.56 bits per heavy atom. The number of hydrogen-bond acceptors (Lipinski definition) is 4. The van der Waals surface area contributed by atoms with Gasteiger partial charge in [0.2, 0.25) is 0 Å². The number of aliphatic carboxylic acids is 1. The lowest BCUT2D eigenvalue weighted by atomic mass is 10.2. The summed E-state index contributed by atoms with van der Waals surface area (Å²) < 4.78 is 0.667. The molecule has 1 atom stereocenters. The van der Waals surface area contributed by atoms with Crippen LogP contribution in [0.4, 0.5) is 0 Å². The first-order chi connectivity index (χ1) is 8.59. The number of amides is 1. The molecule has 2 heterocycles. The Labute approximate surface area is 119 Å². The van der Waals surface area contributed by atoms with E-state index in [1.54, 1.807) is 29.0 Å². The van der Waals surface area contributed by atoms with E-state index >= 15 is 0 Å². The number of nitrogens with one attached hydrogen (secondary N) is 1. The Bertz CT molecular complexity index is 565. The van der Waals surface area contributed by atoms with Crippen molar-refractivity contribution in [2.75, 3.05) is 0 Å². The van der Waals surface area contributed by atoms with Crippen LogP contribution in [-0.2, 0) is 4.79 Å². The van der Waals surface area contributed by atoms with E-state index in [1.807, 2.05) is 0 Å². The van der Waals surface area contributed by atoms with Crippen LogP contribution >= 0.6 is 38.6 Å². The van der Waals surface area contributed by atoms with Crippen molar-refractivity contribution in [2.45, 2.75) is 6.04 Å². The molecule has 2 aromatic heterocycles. The lowest BCUT2D eigenvalue weighted by Gasteiger charge is -2.12. The van der Waals surface area contributed by atoms with Crippen molar-refractivity contribution < 1.29 is 14.7 Å². The predicted molar refractivity (Wildman–Crippen MR) is 74.2 cm³/mol. The van der Waals surface area contributed by atoms with E-state index in [2.05, 4.69) is 21.2 Å². The molecule has 4 nitrogen and oxygen atoms in total. The Balaban J connectivity index is 2.18. The summed E-state index contributed by atoms with van der Waals surface area (Å²) in [4.78, 5) is 24.2. The van der Waals surface area contributed by atoms with E-state index in [0.29, 0.717) is 14.2 Å². The molecule has 0 radical (unpaired) electrons. The number of hydrogen-bond donors (Lipinski definition) is 2. The second-order valence-corrected chi connectivity index (χ2v) is 6.11. The summed E-state index contributed by atoms with van der Waals surface area (Å²) in [6.07, 6.45) is 0. The number of carboxylic acids is 1. The Kier molecular flexibility index (Phi) is 4.15. The van der Waals surface area contributed by atoms with Crippen LogP contribution in [0.25, 0.3) is 0 Å². The maximum atomic E-state index is 11.9. The highest BCUT2D eigenvalue weighted by molar-refractivity contribution is 9.10. The van der Waals surface area contributed by atoms with E-state index in [1.165, 1.54) is 22.7 Å². The molecule has 0 bridgehead atoms. The molecule has 7 heteroatoms. The first kappa shape index (κ1) is 13.3. The smallest absolute Gasteiger partial charge is 0.331 e. The SMILES string of the molecule is O=C(NC(C(=O)O)c1cccs1)c1sccc1Br. The van der Waals surface area contributed by atoms with Crippen molar-refractivity contribution in [3.05, 3.63) is 43.2 Å². The second kappa shape index (κ2) is 5.64. The van der Waals surface area contributed by atoms with Crippen LogP contribution in [-0.4, -0.2) is 17.0 Å². The highest BCUT2D eigenvalue weighted by Gasteiger charge is 2.24. The largest absolute Gasteiger partial charge is 0.479 e. The van der Waals surface area contributed by atoms with Crippen LogP contribution in [0.2, 0.25) is 0 Å². The van der Waals surface area contributed by atoms with Gasteiger partial charge >= 0.3 is 5.97 Å². The number of carbonyl (C=O) groups excluding carboxylic acids is 1. The first-order valence-corrected chi connectivity index (χ1v) is 7.45. The average molecular weight is 346 g/mol. The van der Waals surface area contributed by atoms with Crippen molar-refractivity contribution in [2.24, 2.45) is 0 Å². The first-order valence-electron chi connectivity index (χ1n) is 4.89. The molecule has 0 aliphatic carbocycles. The Hall–Kier alpha value is -1.18. The Morgan fingerprint density at radius 1 is 1.28 bits per heavy atom. The van der Waals surface area contributed by atoms with Crippen molar-refractivity contribution in [1.82, 2.24) is 5.32 Å². The molecule has 0 aromatic carbocycles. The Morgan fingerprint density at radius 2 is 2.06 bits per heavy atom. The summed E-state index contributed by atoms with van der Waals surface area (Å²) in [6.45, 7) is 0. The van der Waals surface area contributed by atoms with Gasteiger partial charge in [-0.3, -0.25) is 4.79 Å². The van der Waals surface area contributed by atoms with Gasteiger partial charge in [0.25, 0.3) is 5.91 Å². The van der Waals surface area contributed by atoms with Crippen molar-refractivity contribution >= 4 is 50.5 Å². The lowest BCUT2D eigenvalue weighted by molar-refractivity contribution is -0.139. The maximum absolute atomic E-state index is 11.9. The van der Waals surface area contributed by atoms with Gasteiger partial charge in [-0.05, 0) is 38.8 Å². The standard InChI is InChI=1S/C11H8BrNO3S2/c12-6-3-5-18-9(6)10(14)13-8(11(15)16)7-2-1-4-17-7/h1-5,8H,(H,13,14)(H,15,16). The van der Waals surface area contributed by atoms with Crippen LogP contribution in [0.15, 0.2) is 33.4 Å². The minimum atomic E-state index is -1.07. The highest BCUT2D eigenvalue weighted by atomic mass is 79.9. The molecule has 2 rings (SSSR count). The van der Waals surface area contributed by atoms with Crippen LogP contribution in [0, 0.1) is 0 Å². The van der Waals surface area contributed by atoms with Gasteiger partial charge in [0.1, 0.15) is 4.88 Å². The highest BCUT2D eigenvalue weighted by Crippen LogP contribution is 2.25. The fourth-order valence-corrected chi connectivity index (χ4v) is 3.58. The molecule has 0 saturated carbocycles. The number of thiophene rings is 2. The summed E-state index contributed by atoms with van der Waals surface area (Å²) in [5.74, 6) is -1.46. The summed E-state index contributed by atoms with van der Waals surface area (Å²) in [5.41, 5.74) is 0. The van der Waals surface area contributed by atoms with Crippen molar-refractivity contribution in [3.8, 4) is 0 Å². The number of carboxylic acid groups (broad SMARTS) is 1. The molecule has 0 aliphatic heterocycles. The van der Waals surface area contributed by atoms with Gasteiger partial charge < -0.3 is 10.4 Å². The normalized spacial score (nSPS) is 12.1. The summed E-state index contributed by atoms with van der Waals surface area (Å²) in [7, 11) is 0. The topological polar surface area (TPSA) is 66.4 Å². The number of rotatable bonds is 4. The third kappa shape index (κ3) is 2.80. The lowest BCUT2D eigenvalue weighted by Crippen LogP contribution is -2.32. The molecule has 1 unspecified atom stereocenters. The quantitative estimate of drug-likeness (QED) is 0.894. The average Bonchev–Trinajstić information content (AvgIpc) is 2.95. The van der Waals surface area contributed by atoms with E-state index in [0.717, 1.165) is 0 Å². The molecule has 0 fully saturated rings. The van der Waals surface area contributed by atoms with E-state index in [-0.39, 0.29) is 0 Å². The van der Waals surface area contributed by atoms with E-state index in [9.17, 15) is 9.59 Å². The molecule has 2 N–H and O–H groups in total. The van der Waals surface area contributed by atoms with E-state index in [4.69, 9.17) is 5.11 Å². The van der Waals surface area contributed by atoms with Crippen LogP contribution in [0.3, 0.4) is 0 Å². The van der Waals surface area contributed by atoms with Crippen molar-refractivity contribution in [3.63, 3.8) is 0 Å². The molecule has 0 aliphatic rings. The van der Waals surface area contributed by atoms with Gasteiger partial charge in [-0.15, -0.1) is 22.7 Å². The molecular weight excluding hydrogens is 338 g/mol. The summed E-state index contributed by atoms with van der Waals surface area (Å²) in [5, 5.41) is 15.2. The zero-order valence-corrected chi connectivity index (χ0v) is 12.1. The fraction of sp³-hybridized carbons (Fsp3) is 0.0909. The molecule has 0 saturated heterocycles. The summed E-state index contributed by atoms with van der Waals surface area (Å²) in [6, 6.07) is 4.18. The van der Waals surface area contributed by atoms with Gasteiger partial charge in [-0.25, -0.2) is 4.79 Å². The number of carbonyl (C=O) groups is 2. The molecule has 1 amide bonds. The van der Waals surface area contributed by atoms with Gasteiger partial charge in [0, 0.05) is 9.35 Å². The predicted octanol–water partition coefficient (Wildman–Crippen LogP) is 3.13. The monoisotopic (exact) mass is 345 g/mol. The number of halogens is 1. The third-order valence-electron chi connectivity index (χ3n) is 2.17. The van der Waals surface area contributed by atoms with Crippen LogP contribution < -0.4 is 5.32 Å². The van der Waals surface area contributed by atoms with Gasteiger partial charge in [0.05, 0.1) is 0 Å². The third-order valence-corrected chi connectivity index (χ3v) is 4.95. The fourth-order valence-electron chi connectivity index (χ4n) is 1.36. The van der Waals surface area contributed by atoms with Crippen molar-refractivity contribution in [1.29, 1.82) is 0 Å². The zero-order valence-electron chi connectivity index (χ0n) is 8.92.